The average Bonchev–Trinajstić information content (AvgIpc) is 1.54. The van der Waals surface area contributed by atoms with Crippen molar-refractivity contribution in [2.75, 3.05) is 0 Å². The monoisotopic (exact) mass is 1330 g/mol. The van der Waals surface area contributed by atoms with Crippen LogP contribution in [0.1, 0.15) is 0 Å². The van der Waals surface area contributed by atoms with Crippen molar-refractivity contribution in [2.24, 2.45) is 0 Å². The van der Waals surface area contributed by atoms with Crippen molar-refractivity contribution in [2.45, 2.75) is 0 Å². The van der Waals surface area contributed by atoms with E-state index in [0.717, 1.165) is 44.7 Å². The Morgan fingerprint density at radius 2 is 0.648 bits per heavy atom. The van der Waals surface area contributed by atoms with Crippen LogP contribution < -0.4 is 0 Å². The second kappa shape index (κ2) is 23.2. The van der Waals surface area contributed by atoms with Crippen LogP contribution in [0.25, 0.3) is 216 Å². The lowest BCUT2D eigenvalue weighted by Crippen LogP contribution is -2.01. The van der Waals surface area contributed by atoms with Crippen LogP contribution in [-0.2, 0) is 0 Å². The molecule has 21 aromatic rings. The molecule has 0 saturated heterocycles. The maximum atomic E-state index is 5.06. The smallest absolute Gasteiger partial charge is 0.164 e. The second-order valence-electron chi connectivity index (χ2n) is 27.5. The van der Waals surface area contributed by atoms with Crippen LogP contribution in [0.4, 0.5) is 0 Å². The summed E-state index contributed by atoms with van der Waals surface area (Å²) in [7, 11) is 0. The van der Waals surface area contributed by atoms with Crippen LogP contribution in [0, 0.1) is 0 Å². The molecule has 0 aliphatic heterocycles. The van der Waals surface area contributed by atoms with E-state index in [4.69, 9.17) is 19.9 Å². The minimum absolute atomic E-state index is 0.623. The van der Waals surface area contributed by atoms with Crippen molar-refractivity contribution in [3.63, 3.8) is 0 Å². The van der Waals surface area contributed by atoms with E-state index in [1.54, 1.807) is 0 Å². The molecule has 23 rings (SSSR count). The van der Waals surface area contributed by atoms with Crippen LogP contribution >= 0.6 is 0 Å². The highest BCUT2D eigenvalue weighted by Gasteiger charge is 2.29. The molecule has 5 aromatic heterocycles. The van der Waals surface area contributed by atoms with Crippen molar-refractivity contribution >= 4 is 97.7 Å². The van der Waals surface area contributed by atoms with E-state index >= 15 is 0 Å². The fraction of sp³-hybridized carbons (Fsp3) is 0. The standard InChI is InChI=1S/C50H30N2.C48H29N5/c1-2-12-37-34(10-1)30-43-39-14-4-3-13-38(39)42-17-9-11-33-24-29-46-49(47(33)42)48(43)50(37)52(46)36-27-22-32(23-28-36)31-20-25-35(26-21-31)51-44-18-7-5-15-40(44)41-16-6-8-19-45(41)51;1-3-13-31(14-4-1)46-50-47(32-15-5-2-6-16-32)52-48(51-46)33-18-11-19-35(27-33)53-41-25-24-30-17-12-22-38-36-20-7-8-21-37(36)39-28-34(40-23-9-10-26-49-40)29-42(53)44(39)45(41)43(30)38/h1-30H;1-29H. The third kappa shape index (κ3) is 9.05. The first kappa shape index (κ1) is 58.6. The molecule has 0 saturated carbocycles. The first-order valence-electron chi connectivity index (χ1n) is 35.8. The summed E-state index contributed by atoms with van der Waals surface area (Å²) < 4.78 is 7.29. The molecular formula is C98H59N7. The number of aromatic nitrogens is 7. The zero-order valence-electron chi connectivity index (χ0n) is 56.7. The molecule has 0 N–H and O–H groups in total. The number of hydrogen-bond acceptors (Lipinski definition) is 4. The zero-order chi connectivity index (χ0) is 68.8. The highest BCUT2D eigenvalue weighted by molar-refractivity contribution is 6.35. The summed E-state index contributed by atoms with van der Waals surface area (Å²) >= 11 is 0. The fourth-order valence-electron chi connectivity index (χ4n) is 17.3. The maximum absolute atomic E-state index is 5.06. The molecule has 486 valence electrons. The Hall–Kier alpha value is -14.1. The zero-order valence-corrected chi connectivity index (χ0v) is 56.7. The summed E-state index contributed by atoms with van der Waals surface area (Å²) in [5.41, 5.74) is 27.9. The van der Waals surface area contributed by atoms with Gasteiger partial charge in [0.15, 0.2) is 17.5 Å². The van der Waals surface area contributed by atoms with Crippen LogP contribution in [-0.4, -0.2) is 33.6 Å². The van der Waals surface area contributed by atoms with E-state index in [1.165, 1.54) is 154 Å². The molecular weight excluding hydrogens is 1280 g/mol. The Kier molecular flexibility index (Phi) is 13.0. The van der Waals surface area contributed by atoms with Crippen molar-refractivity contribution in [3.05, 3.63) is 358 Å². The van der Waals surface area contributed by atoms with Gasteiger partial charge in [-0.25, -0.2) is 15.0 Å². The van der Waals surface area contributed by atoms with Gasteiger partial charge in [-0.3, -0.25) is 4.98 Å². The topological polar surface area (TPSA) is 66.3 Å². The van der Waals surface area contributed by atoms with Crippen molar-refractivity contribution in [3.8, 4) is 118 Å². The number of para-hydroxylation sites is 2. The quantitative estimate of drug-likeness (QED) is 0.152. The molecule has 0 fully saturated rings. The molecule has 2 aliphatic carbocycles. The molecule has 0 unspecified atom stereocenters. The third-order valence-electron chi connectivity index (χ3n) is 21.8. The minimum atomic E-state index is 0.623. The van der Waals surface area contributed by atoms with E-state index in [0.29, 0.717) is 17.5 Å². The maximum Gasteiger partial charge on any atom is 0.164 e. The molecule has 5 heterocycles. The number of pyridine rings is 1. The largest absolute Gasteiger partial charge is 0.309 e. The third-order valence-corrected chi connectivity index (χ3v) is 21.8. The summed E-state index contributed by atoms with van der Waals surface area (Å²) in [5, 5.41) is 15.4. The van der Waals surface area contributed by atoms with Crippen molar-refractivity contribution in [1.82, 2.24) is 33.6 Å². The van der Waals surface area contributed by atoms with Gasteiger partial charge in [0.05, 0.1) is 38.8 Å². The Bertz CT molecular complexity index is 7060. The lowest BCUT2D eigenvalue weighted by molar-refractivity contribution is 1.07. The first-order valence-corrected chi connectivity index (χ1v) is 35.8. The lowest BCUT2D eigenvalue weighted by atomic mass is 9.92. The number of fused-ring (bicyclic) bond motifs is 11. The van der Waals surface area contributed by atoms with Gasteiger partial charge in [-0.15, -0.1) is 0 Å². The van der Waals surface area contributed by atoms with Gasteiger partial charge in [0.25, 0.3) is 0 Å². The lowest BCUT2D eigenvalue weighted by Gasteiger charge is -2.15. The van der Waals surface area contributed by atoms with Gasteiger partial charge in [-0.2, -0.15) is 0 Å². The predicted octanol–water partition coefficient (Wildman–Crippen LogP) is 25.3. The Morgan fingerprint density at radius 1 is 0.200 bits per heavy atom. The summed E-state index contributed by atoms with van der Waals surface area (Å²) in [5.74, 6) is 1.90. The normalized spacial score (nSPS) is 12.0. The van der Waals surface area contributed by atoms with Crippen molar-refractivity contribution < 1.29 is 0 Å². The van der Waals surface area contributed by atoms with E-state index in [9.17, 15) is 0 Å². The summed E-state index contributed by atoms with van der Waals surface area (Å²) in [6.45, 7) is 0. The van der Waals surface area contributed by atoms with E-state index < -0.39 is 0 Å². The van der Waals surface area contributed by atoms with Crippen LogP contribution in [0.15, 0.2) is 358 Å². The Balaban J connectivity index is 0.000000131. The number of rotatable bonds is 8. The van der Waals surface area contributed by atoms with Gasteiger partial charge >= 0.3 is 0 Å². The molecule has 0 atom stereocenters. The number of nitrogens with zero attached hydrogens (tertiary/aromatic N) is 7. The molecule has 0 radical (unpaired) electrons. The van der Waals surface area contributed by atoms with Gasteiger partial charge < -0.3 is 13.7 Å². The fourth-order valence-corrected chi connectivity index (χ4v) is 17.3. The number of hydrogen-bond donors (Lipinski definition) is 0. The molecule has 2 aliphatic rings. The molecule has 0 bridgehead atoms. The highest BCUT2D eigenvalue weighted by Crippen LogP contribution is 2.54. The SMILES string of the molecule is c1ccc(-c2nc(-c3ccccc3)nc(-c3cccc(-n4c5cc(-c6ccccn6)cc6c5c5c7c(cccc7ccc54)-c4ccccc4-6)c3)n2)cc1.c1ccc2c(c1)-c1cccc3ccc4c(c13)c1c-2cc2ccccc2c1n4-c1ccc(-c2ccc(-n3c4ccccc4c4ccccc43)cc2)cc1. The molecule has 7 nitrogen and oxygen atoms in total. The van der Waals surface area contributed by atoms with Crippen LogP contribution in [0.3, 0.4) is 0 Å². The van der Waals surface area contributed by atoms with E-state index in [1.807, 2.05) is 72.9 Å². The van der Waals surface area contributed by atoms with Crippen LogP contribution in [0.2, 0.25) is 0 Å². The van der Waals surface area contributed by atoms with E-state index in [2.05, 4.69) is 299 Å². The second-order valence-corrected chi connectivity index (χ2v) is 27.5. The Morgan fingerprint density at radius 3 is 1.24 bits per heavy atom. The molecule has 16 aromatic carbocycles. The van der Waals surface area contributed by atoms with Gasteiger partial charge in [-0.05, 0) is 174 Å². The van der Waals surface area contributed by atoms with Gasteiger partial charge in [0.1, 0.15) is 0 Å². The van der Waals surface area contributed by atoms with E-state index in [-0.39, 0.29) is 0 Å². The number of benzene rings is 16. The molecule has 7 heteroatoms. The summed E-state index contributed by atoms with van der Waals surface area (Å²) in [4.78, 5) is 19.9. The Labute approximate surface area is 603 Å². The van der Waals surface area contributed by atoms with Gasteiger partial charge in [-0.1, -0.05) is 261 Å². The average molecular weight is 1330 g/mol. The molecule has 0 amide bonds. The first-order chi connectivity index (χ1) is 52.1. The van der Waals surface area contributed by atoms with Crippen molar-refractivity contribution in [1.29, 1.82) is 0 Å². The summed E-state index contributed by atoms with van der Waals surface area (Å²) in [6.07, 6.45) is 1.87. The van der Waals surface area contributed by atoms with Crippen LogP contribution in [0.5, 0.6) is 0 Å². The summed E-state index contributed by atoms with van der Waals surface area (Å²) in [6, 6.07) is 127. The highest BCUT2D eigenvalue weighted by atomic mass is 15.0. The molecule has 0 spiro atoms. The van der Waals surface area contributed by atoms with Gasteiger partial charge in [0.2, 0.25) is 0 Å². The van der Waals surface area contributed by atoms with Gasteiger partial charge in [0, 0.05) is 83.2 Å². The minimum Gasteiger partial charge on any atom is -0.309 e. The predicted molar refractivity (Wildman–Crippen MR) is 436 cm³/mol. The molecule has 105 heavy (non-hydrogen) atoms.